The van der Waals surface area contributed by atoms with Crippen molar-refractivity contribution in [3.8, 4) is 0 Å². The third-order valence-corrected chi connectivity index (χ3v) is 3.30. The Morgan fingerprint density at radius 3 is 2.74 bits per heavy atom. The van der Waals surface area contributed by atoms with Gasteiger partial charge in [0.1, 0.15) is 0 Å². The van der Waals surface area contributed by atoms with Gasteiger partial charge in [-0.1, -0.05) is 30.3 Å². The zero-order valence-electron chi connectivity index (χ0n) is 10.7. The summed E-state index contributed by atoms with van der Waals surface area (Å²) in [5.74, 6) is -0.684. The molecule has 102 valence electrons. The first-order valence-electron chi connectivity index (χ1n) is 6.22. The van der Waals surface area contributed by atoms with Gasteiger partial charge in [-0.25, -0.2) is 4.79 Å². The monoisotopic (exact) mass is 263 g/mol. The highest BCUT2D eigenvalue weighted by Gasteiger charge is 2.43. The first kappa shape index (κ1) is 13.5. The number of carbonyl (C=O) groups is 2. The molecule has 1 aromatic rings. The molecule has 1 aromatic carbocycles. The van der Waals surface area contributed by atoms with E-state index in [-0.39, 0.29) is 24.3 Å². The number of hydrogen-bond acceptors (Lipinski definition) is 4. The third kappa shape index (κ3) is 3.32. The van der Waals surface area contributed by atoms with E-state index in [9.17, 15) is 14.7 Å². The molecule has 1 amide bonds. The van der Waals surface area contributed by atoms with Crippen LogP contribution in [-0.4, -0.2) is 36.7 Å². The molecule has 0 spiro atoms. The molecule has 3 atom stereocenters. The molecule has 1 fully saturated rings. The maximum atomic E-state index is 11.8. The molecule has 0 bridgehead atoms. The largest absolute Gasteiger partial charge is 0.467 e. The van der Waals surface area contributed by atoms with E-state index in [1.165, 1.54) is 7.11 Å². The minimum atomic E-state index is -1.30. The van der Waals surface area contributed by atoms with Crippen LogP contribution >= 0.6 is 0 Å². The van der Waals surface area contributed by atoms with E-state index >= 15 is 0 Å². The second kappa shape index (κ2) is 5.84. The predicted octanol–water partition coefficient (Wildman–Crippen LogP) is 0.440. The van der Waals surface area contributed by atoms with Crippen molar-refractivity contribution >= 4 is 11.9 Å². The van der Waals surface area contributed by atoms with E-state index in [0.717, 1.165) is 12.0 Å². The number of methoxy groups -OCH3 is 1. The Hall–Kier alpha value is -1.88. The molecule has 19 heavy (non-hydrogen) atoms. The molecule has 1 aliphatic carbocycles. The summed E-state index contributed by atoms with van der Waals surface area (Å²) in [5.41, 5.74) is 1.15. The minimum Gasteiger partial charge on any atom is -0.467 e. The van der Waals surface area contributed by atoms with Gasteiger partial charge in [-0.05, 0) is 17.9 Å². The lowest BCUT2D eigenvalue weighted by atomic mass is 10.1. The van der Waals surface area contributed by atoms with E-state index in [4.69, 9.17) is 0 Å². The van der Waals surface area contributed by atoms with Gasteiger partial charge in [-0.15, -0.1) is 0 Å². The van der Waals surface area contributed by atoms with Gasteiger partial charge < -0.3 is 15.2 Å². The number of ether oxygens (including phenoxy) is 1. The Bertz CT molecular complexity index is 460. The fourth-order valence-electron chi connectivity index (χ4n) is 2.10. The van der Waals surface area contributed by atoms with Crippen molar-refractivity contribution in [2.75, 3.05) is 13.7 Å². The van der Waals surface area contributed by atoms with Crippen LogP contribution in [0.4, 0.5) is 0 Å². The lowest BCUT2D eigenvalue weighted by molar-refractivity contribution is -0.150. The van der Waals surface area contributed by atoms with Gasteiger partial charge in [0.25, 0.3) is 0 Å². The Kier molecular flexibility index (Phi) is 4.16. The van der Waals surface area contributed by atoms with Crippen LogP contribution in [0.1, 0.15) is 17.9 Å². The van der Waals surface area contributed by atoms with Crippen molar-refractivity contribution in [2.24, 2.45) is 5.92 Å². The molecular weight excluding hydrogens is 246 g/mol. The van der Waals surface area contributed by atoms with E-state index < -0.39 is 12.1 Å². The average Bonchev–Trinajstić information content (AvgIpc) is 3.25. The van der Waals surface area contributed by atoms with Gasteiger partial charge in [-0.3, -0.25) is 4.79 Å². The van der Waals surface area contributed by atoms with E-state index in [0.29, 0.717) is 0 Å². The zero-order chi connectivity index (χ0) is 13.8. The summed E-state index contributed by atoms with van der Waals surface area (Å²) in [6.45, 7) is -0.108. The summed E-state index contributed by atoms with van der Waals surface area (Å²) < 4.78 is 4.37. The molecular formula is C14H17NO4. The number of nitrogens with one attached hydrogen (secondary N) is 1. The molecule has 2 N–H and O–H groups in total. The lowest BCUT2D eigenvalue weighted by Crippen LogP contribution is -2.38. The number of rotatable bonds is 5. The third-order valence-electron chi connectivity index (χ3n) is 3.30. The molecule has 3 unspecified atom stereocenters. The molecule has 5 nitrogen and oxygen atoms in total. The number of amides is 1. The van der Waals surface area contributed by atoms with Crippen LogP contribution in [0, 0.1) is 5.92 Å². The Morgan fingerprint density at radius 1 is 1.42 bits per heavy atom. The van der Waals surface area contributed by atoms with Crippen molar-refractivity contribution in [3.05, 3.63) is 35.9 Å². The summed E-state index contributed by atoms with van der Waals surface area (Å²) in [5, 5.41) is 11.9. The van der Waals surface area contributed by atoms with Gasteiger partial charge in [0.15, 0.2) is 6.10 Å². The number of carbonyl (C=O) groups excluding carboxylic acids is 2. The van der Waals surface area contributed by atoms with Crippen LogP contribution in [0.15, 0.2) is 30.3 Å². The number of esters is 1. The Balaban J connectivity index is 1.79. The number of aliphatic hydroxyl groups excluding tert-OH is 1. The summed E-state index contributed by atoms with van der Waals surface area (Å²) >= 11 is 0. The normalized spacial score (nSPS) is 22.4. The number of aliphatic hydroxyl groups is 1. The highest BCUT2D eigenvalue weighted by Crippen LogP contribution is 2.47. The van der Waals surface area contributed by atoms with Crippen LogP contribution in [-0.2, 0) is 14.3 Å². The van der Waals surface area contributed by atoms with Crippen molar-refractivity contribution < 1.29 is 19.4 Å². The van der Waals surface area contributed by atoms with Crippen molar-refractivity contribution in [3.63, 3.8) is 0 Å². The summed E-state index contributed by atoms with van der Waals surface area (Å²) in [6.07, 6.45) is -0.493. The Labute approximate surface area is 111 Å². The van der Waals surface area contributed by atoms with E-state index in [1.807, 2.05) is 30.3 Å². The van der Waals surface area contributed by atoms with E-state index in [2.05, 4.69) is 10.1 Å². The van der Waals surface area contributed by atoms with Gasteiger partial charge in [-0.2, -0.15) is 0 Å². The summed E-state index contributed by atoms with van der Waals surface area (Å²) in [7, 11) is 1.19. The maximum Gasteiger partial charge on any atom is 0.336 e. The Morgan fingerprint density at radius 2 is 2.11 bits per heavy atom. The molecule has 0 heterocycles. The molecule has 1 aliphatic rings. The second-order valence-corrected chi connectivity index (χ2v) is 4.64. The van der Waals surface area contributed by atoms with Crippen molar-refractivity contribution in [2.45, 2.75) is 18.4 Å². The minimum absolute atomic E-state index is 0.0627. The maximum absolute atomic E-state index is 11.8. The summed E-state index contributed by atoms with van der Waals surface area (Å²) in [6, 6.07) is 9.84. The highest BCUT2D eigenvalue weighted by molar-refractivity contribution is 5.83. The van der Waals surface area contributed by atoms with Gasteiger partial charge in [0.2, 0.25) is 5.91 Å². The molecule has 5 heteroatoms. The molecule has 0 aliphatic heterocycles. The topological polar surface area (TPSA) is 75.6 Å². The fourth-order valence-corrected chi connectivity index (χ4v) is 2.10. The fraction of sp³-hybridized carbons (Fsp3) is 0.429. The van der Waals surface area contributed by atoms with Crippen molar-refractivity contribution in [1.82, 2.24) is 5.32 Å². The first-order valence-corrected chi connectivity index (χ1v) is 6.22. The second-order valence-electron chi connectivity index (χ2n) is 4.64. The molecule has 1 saturated carbocycles. The van der Waals surface area contributed by atoms with Crippen molar-refractivity contribution in [1.29, 1.82) is 0 Å². The average molecular weight is 263 g/mol. The molecule has 0 saturated heterocycles. The van der Waals surface area contributed by atoms with Gasteiger partial charge >= 0.3 is 5.97 Å². The standard InChI is InChI=1S/C14H17NO4/c1-19-14(18)12(16)8-15-13(17)11-7-10(11)9-5-3-2-4-6-9/h2-6,10-12,16H,7-8H2,1H3,(H,15,17). The van der Waals surface area contributed by atoms with Gasteiger partial charge in [0, 0.05) is 5.92 Å². The predicted molar refractivity (Wildman–Crippen MR) is 68.3 cm³/mol. The smallest absolute Gasteiger partial charge is 0.336 e. The quantitative estimate of drug-likeness (QED) is 0.756. The zero-order valence-corrected chi connectivity index (χ0v) is 10.7. The number of benzene rings is 1. The summed E-state index contributed by atoms with van der Waals surface area (Å²) in [4.78, 5) is 22.8. The van der Waals surface area contributed by atoms with Crippen LogP contribution in [0.2, 0.25) is 0 Å². The SMILES string of the molecule is COC(=O)C(O)CNC(=O)C1CC1c1ccccc1. The lowest BCUT2D eigenvalue weighted by Gasteiger charge is -2.09. The molecule has 0 radical (unpaired) electrons. The van der Waals surface area contributed by atoms with Gasteiger partial charge in [0.05, 0.1) is 13.7 Å². The van der Waals surface area contributed by atoms with Crippen LogP contribution in [0.25, 0.3) is 0 Å². The molecule has 0 aromatic heterocycles. The molecule has 2 rings (SSSR count). The van der Waals surface area contributed by atoms with Crippen LogP contribution in [0.3, 0.4) is 0 Å². The van der Waals surface area contributed by atoms with Crippen LogP contribution < -0.4 is 5.32 Å². The van der Waals surface area contributed by atoms with E-state index in [1.54, 1.807) is 0 Å². The highest BCUT2D eigenvalue weighted by atomic mass is 16.5. The van der Waals surface area contributed by atoms with Crippen LogP contribution in [0.5, 0.6) is 0 Å². The first-order chi connectivity index (χ1) is 9.13. The number of hydrogen-bond donors (Lipinski definition) is 2.